The molecule has 5 nitrogen and oxygen atoms in total. The summed E-state index contributed by atoms with van der Waals surface area (Å²) in [7, 11) is 0. The van der Waals surface area contributed by atoms with E-state index in [0.29, 0.717) is 5.56 Å². The highest BCUT2D eigenvalue weighted by Crippen LogP contribution is 2.00. The van der Waals surface area contributed by atoms with Crippen molar-refractivity contribution in [1.82, 2.24) is 10.2 Å². The van der Waals surface area contributed by atoms with Crippen molar-refractivity contribution in [1.29, 1.82) is 0 Å². The molecule has 19 heavy (non-hydrogen) atoms. The van der Waals surface area contributed by atoms with Crippen LogP contribution < -0.4 is 5.32 Å². The zero-order valence-corrected chi connectivity index (χ0v) is 11.3. The fourth-order valence-electron chi connectivity index (χ4n) is 1.73. The van der Waals surface area contributed by atoms with Gasteiger partial charge in [-0.05, 0) is 26.0 Å². The lowest BCUT2D eigenvalue weighted by atomic mass is 10.2. The Balaban J connectivity index is 2.51. The highest BCUT2D eigenvalue weighted by molar-refractivity contribution is 5.96. The molecule has 0 fully saturated rings. The fraction of sp³-hybridized carbons (Fsp3) is 0.429. The molecule has 0 saturated heterocycles. The van der Waals surface area contributed by atoms with Crippen LogP contribution in [0.4, 0.5) is 0 Å². The van der Waals surface area contributed by atoms with Crippen LogP contribution in [0.15, 0.2) is 30.3 Å². The van der Waals surface area contributed by atoms with Gasteiger partial charge in [0.2, 0.25) is 5.91 Å². The predicted octanol–water partition coefficient (Wildman–Crippen LogP) is 0.646. The van der Waals surface area contributed by atoms with E-state index in [1.165, 1.54) is 4.90 Å². The van der Waals surface area contributed by atoms with Crippen LogP contribution in [-0.2, 0) is 4.79 Å². The Morgan fingerprint density at radius 2 is 1.89 bits per heavy atom. The van der Waals surface area contributed by atoms with Gasteiger partial charge in [0.15, 0.2) is 0 Å². The zero-order chi connectivity index (χ0) is 14.3. The van der Waals surface area contributed by atoms with Crippen LogP contribution in [0.5, 0.6) is 0 Å². The summed E-state index contributed by atoms with van der Waals surface area (Å²) in [5.41, 5.74) is 0.522. The lowest BCUT2D eigenvalue weighted by Gasteiger charge is -2.26. The van der Waals surface area contributed by atoms with E-state index in [1.807, 2.05) is 19.9 Å². The lowest BCUT2D eigenvalue weighted by Crippen LogP contribution is -2.44. The van der Waals surface area contributed by atoms with Gasteiger partial charge in [-0.1, -0.05) is 18.2 Å². The number of amides is 2. The topological polar surface area (TPSA) is 69.6 Å². The maximum absolute atomic E-state index is 11.9. The summed E-state index contributed by atoms with van der Waals surface area (Å²) < 4.78 is 0. The van der Waals surface area contributed by atoms with Gasteiger partial charge in [0.05, 0.1) is 13.2 Å². The average Bonchev–Trinajstić information content (AvgIpc) is 2.42. The molecule has 0 aliphatic rings. The second-order valence-electron chi connectivity index (χ2n) is 4.45. The van der Waals surface area contributed by atoms with Crippen molar-refractivity contribution in [2.45, 2.75) is 19.9 Å². The number of aliphatic hydroxyl groups excluding tert-OH is 1. The first kappa shape index (κ1) is 15.2. The van der Waals surface area contributed by atoms with Crippen molar-refractivity contribution in [2.75, 3.05) is 19.7 Å². The number of hydrogen-bond acceptors (Lipinski definition) is 3. The summed E-state index contributed by atoms with van der Waals surface area (Å²) in [6.45, 7) is 3.86. The third-order valence-electron chi connectivity index (χ3n) is 2.72. The van der Waals surface area contributed by atoms with Gasteiger partial charge >= 0.3 is 0 Å². The number of rotatable bonds is 6. The van der Waals surface area contributed by atoms with E-state index in [1.54, 1.807) is 24.3 Å². The van der Waals surface area contributed by atoms with E-state index in [0.717, 1.165) is 0 Å². The molecule has 0 heterocycles. The van der Waals surface area contributed by atoms with Crippen LogP contribution >= 0.6 is 0 Å². The van der Waals surface area contributed by atoms with Crippen LogP contribution in [0.25, 0.3) is 0 Å². The normalized spacial score (nSPS) is 10.3. The number of carbonyl (C=O) groups is 2. The van der Waals surface area contributed by atoms with Gasteiger partial charge in [-0.3, -0.25) is 9.59 Å². The van der Waals surface area contributed by atoms with Gasteiger partial charge in [-0.15, -0.1) is 0 Å². The first-order chi connectivity index (χ1) is 9.06. The van der Waals surface area contributed by atoms with Crippen LogP contribution in [0.1, 0.15) is 24.2 Å². The summed E-state index contributed by atoms with van der Waals surface area (Å²) >= 11 is 0. The van der Waals surface area contributed by atoms with Crippen molar-refractivity contribution in [3.63, 3.8) is 0 Å². The van der Waals surface area contributed by atoms with E-state index in [2.05, 4.69) is 5.32 Å². The second-order valence-corrected chi connectivity index (χ2v) is 4.45. The van der Waals surface area contributed by atoms with Gasteiger partial charge in [0.25, 0.3) is 5.91 Å². The maximum atomic E-state index is 11.9. The number of benzene rings is 1. The van der Waals surface area contributed by atoms with E-state index >= 15 is 0 Å². The summed E-state index contributed by atoms with van der Waals surface area (Å²) in [6, 6.07) is 8.73. The van der Waals surface area contributed by atoms with E-state index in [4.69, 9.17) is 5.11 Å². The van der Waals surface area contributed by atoms with Crippen molar-refractivity contribution < 1.29 is 14.7 Å². The Morgan fingerprint density at radius 1 is 1.26 bits per heavy atom. The van der Waals surface area contributed by atoms with Crippen LogP contribution in [-0.4, -0.2) is 47.6 Å². The minimum atomic E-state index is -0.276. The monoisotopic (exact) mass is 264 g/mol. The Kier molecular flexibility index (Phi) is 6.02. The molecule has 1 aromatic carbocycles. The molecular weight excluding hydrogens is 244 g/mol. The Bertz CT molecular complexity index is 418. The predicted molar refractivity (Wildman–Crippen MR) is 72.7 cm³/mol. The number of nitrogens with one attached hydrogen (secondary N) is 1. The zero-order valence-electron chi connectivity index (χ0n) is 11.3. The molecule has 5 heteroatoms. The molecule has 1 aromatic rings. The summed E-state index contributed by atoms with van der Waals surface area (Å²) in [6.07, 6.45) is 0. The standard InChI is InChI=1S/C14H20N2O3/c1-11(2)16(8-9-17)13(18)10-15-14(19)12-6-4-3-5-7-12/h3-7,11,17H,8-10H2,1-2H3,(H,15,19). The molecule has 0 unspecified atom stereocenters. The smallest absolute Gasteiger partial charge is 0.251 e. The minimum absolute atomic E-state index is 0.00622. The van der Waals surface area contributed by atoms with Crippen molar-refractivity contribution >= 4 is 11.8 Å². The number of aliphatic hydroxyl groups is 1. The Hall–Kier alpha value is -1.88. The quantitative estimate of drug-likeness (QED) is 0.792. The second kappa shape index (κ2) is 7.53. The van der Waals surface area contributed by atoms with Gasteiger partial charge in [0.1, 0.15) is 0 Å². The SMILES string of the molecule is CC(C)N(CCO)C(=O)CNC(=O)c1ccccc1. The van der Waals surface area contributed by atoms with E-state index < -0.39 is 0 Å². The molecular formula is C14H20N2O3. The Labute approximate surface area is 113 Å². The maximum Gasteiger partial charge on any atom is 0.251 e. The molecule has 0 saturated carbocycles. The molecule has 0 aromatic heterocycles. The molecule has 0 aliphatic carbocycles. The highest BCUT2D eigenvalue weighted by atomic mass is 16.3. The molecule has 2 N–H and O–H groups in total. The largest absolute Gasteiger partial charge is 0.395 e. The number of nitrogens with zero attached hydrogens (tertiary/aromatic N) is 1. The van der Waals surface area contributed by atoms with E-state index in [9.17, 15) is 9.59 Å². The average molecular weight is 264 g/mol. The molecule has 0 bridgehead atoms. The Morgan fingerprint density at radius 3 is 2.42 bits per heavy atom. The van der Waals surface area contributed by atoms with Gasteiger partial charge in [0, 0.05) is 18.2 Å². The van der Waals surface area contributed by atoms with Crippen molar-refractivity contribution in [3.05, 3.63) is 35.9 Å². The van der Waals surface area contributed by atoms with Crippen molar-refractivity contribution in [2.24, 2.45) is 0 Å². The van der Waals surface area contributed by atoms with Gasteiger partial charge < -0.3 is 15.3 Å². The molecule has 0 atom stereocenters. The third kappa shape index (κ3) is 4.71. The summed E-state index contributed by atoms with van der Waals surface area (Å²) in [5.74, 6) is -0.477. The first-order valence-corrected chi connectivity index (χ1v) is 6.30. The summed E-state index contributed by atoms with van der Waals surface area (Å²) in [4.78, 5) is 25.2. The van der Waals surface area contributed by atoms with Gasteiger partial charge in [-0.2, -0.15) is 0 Å². The summed E-state index contributed by atoms with van der Waals surface area (Å²) in [5, 5.41) is 11.5. The molecule has 0 aliphatic heterocycles. The lowest BCUT2D eigenvalue weighted by molar-refractivity contribution is -0.132. The van der Waals surface area contributed by atoms with Crippen LogP contribution in [0.3, 0.4) is 0 Å². The molecule has 0 radical (unpaired) electrons. The minimum Gasteiger partial charge on any atom is -0.395 e. The van der Waals surface area contributed by atoms with E-state index in [-0.39, 0.29) is 37.6 Å². The molecule has 104 valence electrons. The van der Waals surface area contributed by atoms with Crippen molar-refractivity contribution in [3.8, 4) is 0 Å². The molecule has 1 rings (SSSR count). The molecule has 2 amide bonds. The number of carbonyl (C=O) groups excluding carboxylic acids is 2. The fourth-order valence-corrected chi connectivity index (χ4v) is 1.73. The van der Waals surface area contributed by atoms with Crippen LogP contribution in [0, 0.1) is 0 Å². The number of hydrogen-bond donors (Lipinski definition) is 2. The first-order valence-electron chi connectivity index (χ1n) is 6.30. The van der Waals surface area contributed by atoms with Crippen LogP contribution in [0.2, 0.25) is 0 Å². The molecule has 0 spiro atoms. The third-order valence-corrected chi connectivity index (χ3v) is 2.72. The van der Waals surface area contributed by atoms with Gasteiger partial charge in [-0.25, -0.2) is 0 Å². The highest BCUT2D eigenvalue weighted by Gasteiger charge is 2.17.